The van der Waals surface area contributed by atoms with Crippen LogP contribution in [0.3, 0.4) is 0 Å². The molecule has 2 aromatic rings. The van der Waals surface area contributed by atoms with Gasteiger partial charge in [0.2, 0.25) is 0 Å². The van der Waals surface area contributed by atoms with Gasteiger partial charge in [-0.05, 0) is 49.2 Å². The Balaban J connectivity index is 2.33. The summed E-state index contributed by atoms with van der Waals surface area (Å²) in [5, 5.41) is 2.23. The van der Waals surface area contributed by atoms with Crippen LogP contribution < -0.4 is 10.6 Å². The van der Waals surface area contributed by atoms with E-state index in [1.807, 2.05) is 0 Å². The van der Waals surface area contributed by atoms with Gasteiger partial charge < -0.3 is 10.6 Å². The number of hydrogen-bond donors (Lipinski definition) is 2. The highest BCUT2D eigenvalue weighted by Gasteiger charge is 2.84. The Morgan fingerprint density at radius 1 is 0.647 bits per heavy atom. The van der Waals surface area contributed by atoms with Crippen molar-refractivity contribution < 1.29 is 44.7 Å². The molecule has 0 fully saturated rings. The fourth-order valence-electron chi connectivity index (χ4n) is 2.44. The van der Waals surface area contributed by atoms with Gasteiger partial charge in [0.05, 0.1) is 0 Å². The first-order valence-electron chi connectivity index (χ1n) is 9.02. The average Bonchev–Trinajstić information content (AvgIpc) is 2.72. The summed E-state index contributed by atoms with van der Waals surface area (Å²) in [6.45, 7) is 2.93. The van der Waals surface area contributed by atoms with Crippen LogP contribution in [-0.4, -0.2) is 35.5 Å². The van der Waals surface area contributed by atoms with Gasteiger partial charge >= 0.3 is 35.5 Å². The predicted octanol–water partition coefficient (Wildman–Crippen LogP) is 6.73. The molecule has 0 bridgehead atoms. The van der Waals surface area contributed by atoms with Crippen LogP contribution in [0.2, 0.25) is 10.0 Å². The van der Waals surface area contributed by atoms with Crippen molar-refractivity contribution in [2.45, 2.75) is 37.5 Å². The molecular weight excluding hydrogens is 523 g/mol. The van der Waals surface area contributed by atoms with E-state index in [-0.39, 0.29) is 10.0 Å². The molecule has 2 aromatic carbocycles. The molecule has 186 valence electrons. The summed E-state index contributed by atoms with van der Waals surface area (Å²) in [5.74, 6) is -32.8. The lowest BCUT2D eigenvalue weighted by molar-refractivity contribution is -0.345. The molecule has 0 saturated heterocycles. The maximum atomic E-state index is 14.1. The van der Waals surface area contributed by atoms with Crippen LogP contribution in [0.25, 0.3) is 0 Å². The van der Waals surface area contributed by atoms with Crippen molar-refractivity contribution in [2.24, 2.45) is 0 Å². The highest BCUT2D eigenvalue weighted by Crippen LogP contribution is 2.53. The molecule has 0 aliphatic rings. The van der Waals surface area contributed by atoms with E-state index >= 15 is 0 Å². The second kappa shape index (κ2) is 9.21. The van der Waals surface area contributed by atoms with Gasteiger partial charge in [-0.1, -0.05) is 35.3 Å². The van der Waals surface area contributed by atoms with Gasteiger partial charge in [0, 0.05) is 21.4 Å². The maximum absolute atomic E-state index is 14.1. The van der Waals surface area contributed by atoms with Gasteiger partial charge in [-0.25, -0.2) is 0 Å². The number of carbonyl (C=O) groups excluding carboxylic acids is 2. The molecule has 0 aliphatic heterocycles. The normalized spacial score (nSPS) is 12.9. The number of amides is 2. The zero-order valence-corrected chi connectivity index (χ0v) is 18.6. The molecule has 34 heavy (non-hydrogen) atoms. The lowest BCUT2D eigenvalue weighted by Crippen LogP contribution is -2.67. The summed E-state index contributed by atoms with van der Waals surface area (Å²) >= 11 is 11.4. The zero-order valence-electron chi connectivity index (χ0n) is 17.1. The number of halogens is 10. The quantitative estimate of drug-likeness (QED) is 0.385. The van der Waals surface area contributed by atoms with Gasteiger partial charge in [0.1, 0.15) is 0 Å². The largest absolute Gasteiger partial charge is 0.393 e. The van der Waals surface area contributed by atoms with Gasteiger partial charge in [0.25, 0.3) is 0 Å². The average molecular weight is 537 g/mol. The van der Waals surface area contributed by atoms with Gasteiger partial charge in [-0.15, -0.1) is 0 Å². The molecule has 0 heterocycles. The Morgan fingerprint density at radius 3 is 1.21 bits per heavy atom. The first-order chi connectivity index (χ1) is 15.4. The Morgan fingerprint density at radius 2 is 0.941 bits per heavy atom. The zero-order chi connectivity index (χ0) is 26.3. The molecule has 0 aromatic heterocycles. The summed E-state index contributed by atoms with van der Waals surface area (Å²) in [7, 11) is 0. The topological polar surface area (TPSA) is 58.2 Å². The first-order valence-corrected chi connectivity index (χ1v) is 9.78. The van der Waals surface area contributed by atoms with Crippen LogP contribution >= 0.6 is 23.2 Å². The van der Waals surface area contributed by atoms with Crippen LogP contribution in [0.5, 0.6) is 0 Å². The van der Waals surface area contributed by atoms with Crippen molar-refractivity contribution in [3.05, 3.63) is 57.6 Å². The summed E-state index contributed by atoms with van der Waals surface area (Å²) in [6, 6.07) is 5.91. The molecular formula is C20H14Cl2F8N2O2. The fourth-order valence-corrected chi connectivity index (χ4v) is 2.80. The molecule has 0 unspecified atom stereocenters. The minimum Gasteiger partial charge on any atom is -0.321 e. The molecule has 2 N–H and O–H groups in total. The minimum absolute atomic E-state index is 0.0994. The number of rotatable bonds is 7. The Bertz CT molecular complexity index is 1040. The number of anilines is 2. The van der Waals surface area contributed by atoms with E-state index in [1.54, 1.807) is 0 Å². The molecule has 2 rings (SSSR count). The van der Waals surface area contributed by atoms with E-state index in [9.17, 15) is 44.7 Å². The number of benzene rings is 2. The molecule has 2 amide bonds. The highest BCUT2D eigenvalue weighted by molar-refractivity contribution is 6.32. The molecule has 0 radical (unpaired) electrons. The second-order valence-electron chi connectivity index (χ2n) is 7.13. The van der Waals surface area contributed by atoms with Gasteiger partial charge in [-0.2, -0.15) is 35.1 Å². The van der Waals surface area contributed by atoms with Crippen LogP contribution in [0, 0.1) is 13.8 Å². The lowest BCUT2D eigenvalue weighted by Gasteiger charge is -2.35. The number of aryl methyl sites for hydroxylation is 2. The Labute approximate surface area is 197 Å². The monoisotopic (exact) mass is 536 g/mol. The van der Waals surface area contributed by atoms with Crippen LogP contribution in [0.1, 0.15) is 11.1 Å². The van der Waals surface area contributed by atoms with Crippen molar-refractivity contribution in [2.75, 3.05) is 10.6 Å². The Kier molecular flexibility index (Phi) is 7.49. The van der Waals surface area contributed by atoms with Crippen LogP contribution in [0.4, 0.5) is 46.5 Å². The molecule has 0 spiro atoms. The van der Waals surface area contributed by atoms with Gasteiger partial charge in [-0.3, -0.25) is 9.59 Å². The van der Waals surface area contributed by atoms with Crippen molar-refractivity contribution >= 4 is 46.4 Å². The Hall–Kier alpha value is -2.60. The fraction of sp³-hybridized carbons (Fsp3) is 0.300. The van der Waals surface area contributed by atoms with Crippen LogP contribution in [0.15, 0.2) is 36.4 Å². The summed E-state index contributed by atoms with van der Waals surface area (Å²) < 4.78 is 113. The third-order valence-electron chi connectivity index (χ3n) is 4.61. The van der Waals surface area contributed by atoms with Crippen molar-refractivity contribution in [1.82, 2.24) is 0 Å². The summed E-state index contributed by atoms with van der Waals surface area (Å²) in [4.78, 5) is 23.4. The van der Waals surface area contributed by atoms with Crippen LogP contribution in [-0.2, 0) is 9.59 Å². The highest BCUT2D eigenvalue weighted by atomic mass is 35.5. The molecule has 0 saturated carbocycles. The minimum atomic E-state index is -7.01. The third kappa shape index (κ3) is 4.78. The third-order valence-corrected chi connectivity index (χ3v) is 5.43. The summed E-state index contributed by atoms with van der Waals surface area (Å²) in [6.07, 6.45) is 0. The van der Waals surface area contributed by atoms with E-state index in [2.05, 4.69) is 0 Å². The molecule has 0 atom stereocenters. The van der Waals surface area contributed by atoms with Crippen molar-refractivity contribution in [1.29, 1.82) is 0 Å². The smallest absolute Gasteiger partial charge is 0.321 e. The van der Waals surface area contributed by atoms with E-state index in [4.69, 9.17) is 23.2 Å². The standard InChI is InChI=1S/C20H14Cl2F8N2O2/c1-9-3-5-11(7-13(9)21)31-15(33)17(23,24)19(27,28)20(29,30)18(25,26)16(34)32-12-6-4-10(2)14(22)8-12/h3-8H,1-2H3,(H,31,33)(H,32,34). The van der Waals surface area contributed by atoms with E-state index in [0.717, 1.165) is 24.3 Å². The predicted molar refractivity (Wildman–Crippen MR) is 109 cm³/mol. The first kappa shape index (κ1) is 27.6. The maximum Gasteiger partial charge on any atom is 0.393 e. The van der Waals surface area contributed by atoms with E-state index in [0.29, 0.717) is 11.1 Å². The van der Waals surface area contributed by atoms with Crippen molar-refractivity contribution in [3.63, 3.8) is 0 Å². The lowest BCUT2D eigenvalue weighted by atomic mass is 9.97. The van der Waals surface area contributed by atoms with Gasteiger partial charge in [0.15, 0.2) is 0 Å². The molecule has 0 aliphatic carbocycles. The number of hydrogen-bond acceptors (Lipinski definition) is 2. The summed E-state index contributed by atoms with van der Waals surface area (Å²) in [5.41, 5.74) is -0.409. The molecule has 14 heteroatoms. The number of nitrogens with one attached hydrogen (secondary N) is 2. The SMILES string of the molecule is Cc1ccc(NC(=O)C(F)(F)C(F)(F)C(F)(F)C(F)(F)C(=O)Nc2ccc(C)c(Cl)c2)cc1Cl. The van der Waals surface area contributed by atoms with E-state index < -0.39 is 46.9 Å². The van der Waals surface area contributed by atoms with E-state index in [1.165, 1.54) is 36.6 Å². The second-order valence-corrected chi connectivity index (χ2v) is 7.95. The number of carbonyl (C=O) groups is 2. The molecule has 4 nitrogen and oxygen atoms in total. The van der Waals surface area contributed by atoms with Crippen molar-refractivity contribution in [3.8, 4) is 0 Å². The number of alkyl halides is 8.